The third-order valence-corrected chi connectivity index (χ3v) is 9.73. The fourth-order valence-corrected chi connectivity index (χ4v) is 7.53. The van der Waals surface area contributed by atoms with E-state index >= 15 is 0 Å². The number of hydrogen-bond donors (Lipinski definition) is 1. The van der Waals surface area contributed by atoms with Crippen LogP contribution in [0.2, 0.25) is 0 Å². The van der Waals surface area contributed by atoms with E-state index in [0.29, 0.717) is 34.1 Å². The minimum atomic E-state index is -3.94. The number of halogens is 1. The highest BCUT2D eigenvalue weighted by atomic mass is 32.2. The number of aryl methyl sites for hydroxylation is 3. The van der Waals surface area contributed by atoms with Crippen LogP contribution in [0.25, 0.3) is 0 Å². The first-order valence-corrected chi connectivity index (χ1v) is 14.2. The molecule has 3 heterocycles. The van der Waals surface area contributed by atoms with Crippen molar-refractivity contribution >= 4 is 38.5 Å². The molecule has 0 saturated carbocycles. The van der Waals surface area contributed by atoms with Gasteiger partial charge in [-0.3, -0.25) is 9.48 Å². The summed E-state index contributed by atoms with van der Waals surface area (Å²) in [5, 5.41) is 4.58. The van der Waals surface area contributed by atoms with Crippen LogP contribution in [0, 0.1) is 25.1 Å². The SMILES string of the molecule is Cc1cc(S(=O)(=O)N2CCC3=CC(=Nc4ccc(F)cc4)/C(=C\N)C[C@]3(C(=O)c3ncc(C)s3)C2)n(C)n1. The molecule has 1 saturated heterocycles. The van der Waals surface area contributed by atoms with E-state index in [1.165, 1.54) is 44.7 Å². The average Bonchev–Trinajstić information content (AvgIpc) is 3.48. The number of Topliss-reactive ketones (excluding diaryl/α,β-unsaturated/α-hetero) is 1. The van der Waals surface area contributed by atoms with Crippen molar-refractivity contribution in [2.24, 2.45) is 23.2 Å². The summed E-state index contributed by atoms with van der Waals surface area (Å²) in [7, 11) is -2.35. The molecule has 0 radical (unpaired) electrons. The summed E-state index contributed by atoms with van der Waals surface area (Å²) in [6.45, 7) is 3.72. The molecular formula is C26H27FN6O3S2. The maximum atomic E-state index is 14.1. The summed E-state index contributed by atoms with van der Waals surface area (Å²) in [5.41, 5.74) is 7.88. The molecule has 3 aromatic rings. The van der Waals surface area contributed by atoms with Crippen LogP contribution in [0.15, 0.2) is 70.0 Å². The zero-order valence-corrected chi connectivity index (χ0v) is 22.8. The van der Waals surface area contributed by atoms with E-state index in [2.05, 4.69) is 15.1 Å². The fraction of sp³-hybridized carbons (Fsp3) is 0.308. The number of aliphatic imine (C=N–C) groups is 1. The van der Waals surface area contributed by atoms with E-state index in [9.17, 15) is 17.6 Å². The Kier molecular flexibility index (Phi) is 6.66. The molecule has 2 N–H and O–H groups in total. The molecule has 1 atom stereocenters. The van der Waals surface area contributed by atoms with Gasteiger partial charge in [-0.1, -0.05) is 5.57 Å². The van der Waals surface area contributed by atoms with E-state index in [0.717, 1.165) is 10.5 Å². The smallest absolute Gasteiger partial charge is 0.260 e. The maximum absolute atomic E-state index is 14.1. The molecule has 0 unspecified atom stereocenters. The Hall–Kier alpha value is -3.48. The van der Waals surface area contributed by atoms with Gasteiger partial charge >= 0.3 is 0 Å². The van der Waals surface area contributed by atoms with Crippen LogP contribution in [0.3, 0.4) is 0 Å². The number of nitrogens with zero attached hydrogens (tertiary/aromatic N) is 5. The summed E-state index contributed by atoms with van der Waals surface area (Å²) in [6, 6.07) is 7.29. The molecule has 1 fully saturated rings. The van der Waals surface area contributed by atoms with Gasteiger partial charge in [0.05, 0.1) is 22.5 Å². The molecule has 12 heteroatoms. The number of piperidine rings is 1. The molecule has 9 nitrogen and oxygen atoms in total. The second-order valence-corrected chi connectivity index (χ2v) is 12.7. The molecule has 1 aromatic carbocycles. The van der Waals surface area contributed by atoms with Crippen molar-refractivity contribution in [1.29, 1.82) is 0 Å². The largest absolute Gasteiger partial charge is 0.404 e. The second-order valence-electron chi connectivity index (χ2n) is 9.54. The topological polar surface area (TPSA) is 124 Å². The zero-order valence-electron chi connectivity index (χ0n) is 21.2. The third-order valence-electron chi connectivity index (χ3n) is 6.91. The van der Waals surface area contributed by atoms with Crippen molar-refractivity contribution in [1.82, 2.24) is 19.1 Å². The molecular weight excluding hydrogens is 527 g/mol. The van der Waals surface area contributed by atoms with Crippen molar-refractivity contribution in [3.63, 3.8) is 0 Å². The number of carbonyl (C=O) groups excluding carboxylic acids is 1. The summed E-state index contributed by atoms with van der Waals surface area (Å²) < 4.78 is 43.5. The molecule has 38 heavy (non-hydrogen) atoms. The summed E-state index contributed by atoms with van der Waals surface area (Å²) >= 11 is 1.28. The molecule has 2 aromatic heterocycles. The van der Waals surface area contributed by atoms with Gasteiger partial charge in [0.15, 0.2) is 10.0 Å². The van der Waals surface area contributed by atoms with Gasteiger partial charge in [0.25, 0.3) is 10.0 Å². The molecule has 2 aliphatic rings. The van der Waals surface area contributed by atoms with Gasteiger partial charge in [-0.15, -0.1) is 11.3 Å². The molecule has 0 spiro atoms. The third kappa shape index (κ3) is 4.52. The Morgan fingerprint density at radius 1 is 1.26 bits per heavy atom. The Bertz CT molecular complexity index is 1620. The molecule has 5 rings (SSSR count). The average molecular weight is 555 g/mol. The van der Waals surface area contributed by atoms with Crippen LogP contribution in [-0.2, 0) is 17.1 Å². The summed E-state index contributed by atoms with van der Waals surface area (Å²) in [5.74, 6) is -0.616. The van der Waals surface area contributed by atoms with Gasteiger partial charge in [0.1, 0.15) is 5.82 Å². The lowest BCUT2D eigenvalue weighted by Gasteiger charge is -2.45. The van der Waals surface area contributed by atoms with Crippen LogP contribution >= 0.6 is 11.3 Å². The van der Waals surface area contributed by atoms with Crippen molar-refractivity contribution in [3.05, 3.63) is 81.3 Å². The Labute approximate surface area is 224 Å². The van der Waals surface area contributed by atoms with Gasteiger partial charge in [0.2, 0.25) is 5.78 Å². The van der Waals surface area contributed by atoms with E-state index < -0.39 is 15.4 Å². The number of sulfonamides is 1. The lowest BCUT2D eigenvalue weighted by atomic mass is 9.65. The quantitative estimate of drug-likeness (QED) is 0.478. The number of nitrogens with two attached hydrogens (primary N) is 1. The highest BCUT2D eigenvalue weighted by Gasteiger charge is 2.52. The standard InChI is InChI=1S/C26H27FN6O3S2/c1-16-10-23(32(3)31-16)38(35,36)33-9-8-19-11-22(30-21-6-4-20(27)5-7-21)18(13-28)12-26(19,15-33)24(34)25-29-14-17(2)37-25/h4-7,10-11,13-14H,8-9,12,15,28H2,1-3H3/b18-13-,30-22?/t26-/m0/s1. The number of hydrogen-bond acceptors (Lipinski definition) is 8. The van der Waals surface area contributed by atoms with E-state index in [4.69, 9.17) is 5.73 Å². The highest BCUT2D eigenvalue weighted by Crippen LogP contribution is 2.48. The first-order valence-electron chi connectivity index (χ1n) is 12.0. The fourth-order valence-electron chi connectivity index (χ4n) is 5.05. The molecule has 1 aliphatic heterocycles. The van der Waals surface area contributed by atoms with Gasteiger partial charge in [-0.05, 0) is 74.9 Å². The van der Waals surface area contributed by atoms with Crippen molar-refractivity contribution in [3.8, 4) is 0 Å². The Morgan fingerprint density at radius 3 is 2.61 bits per heavy atom. The molecule has 1 aliphatic carbocycles. The highest BCUT2D eigenvalue weighted by molar-refractivity contribution is 7.89. The maximum Gasteiger partial charge on any atom is 0.260 e. The number of aromatic nitrogens is 3. The lowest BCUT2D eigenvalue weighted by molar-refractivity contribution is 0.0775. The number of rotatable bonds is 5. The number of carbonyl (C=O) groups is 1. The Balaban J connectivity index is 1.62. The lowest BCUT2D eigenvalue weighted by Crippen LogP contribution is -2.53. The number of allylic oxidation sites excluding steroid dienone is 2. The van der Waals surface area contributed by atoms with Gasteiger partial charge in [-0.2, -0.15) is 9.40 Å². The van der Waals surface area contributed by atoms with Crippen molar-refractivity contribution < 1.29 is 17.6 Å². The van der Waals surface area contributed by atoms with Crippen LogP contribution in [0.5, 0.6) is 0 Å². The molecule has 0 bridgehead atoms. The van der Waals surface area contributed by atoms with Crippen LogP contribution in [0.4, 0.5) is 10.1 Å². The van der Waals surface area contributed by atoms with Gasteiger partial charge in [0, 0.05) is 31.2 Å². The van der Waals surface area contributed by atoms with E-state index in [1.807, 2.05) is 13.0 Å². The van der Waals surface area contributed by atoms with E-state index in [1.54, 1.807) is 32.3 Å². The van der Waals surface area contributed by atoms with Gasteiger partial charge < -0.3 is 5.73 Å². The minimum absolute atomic E-state index is 0.0655. The first kappa shape index (κ1) is 26.1. The van der Waals surface area contributed by atoms with Crippen LogP contribution in [-0.4, -0.2) is 52.1 Å². The Morgan fingerprint density at radius 2 is 2.00 bits per heavy atom. The monoisotopic (exact) mass is 554 g/mol. The van der Waals surface area contributed by atoms with Gasteiger partial charge in [-0.25, -0.2) is 22.8 Å². The predicted molar refractivity (Wildman–Crippen MR) is 143 cm³/mol. The van der Waals surface area contributed by atoms with Crippen molar-refractivity contribution in [2.45, 2.75) is 31.7 Å². The van der Waals surface area contributed by atoms with Crippen molar-refractivity contribution in [2.75, 3.05) is 13.1 Å². The number of ketones is 1. The second kappa shape index (κ2) is 9.68. The predicted octanol–water partition coefficient (Wildman–Crippen LogP) is 3.84. The van der Waals surface area contributed by atoms with Crippen LogP contribution < -0.4 is 5.73 Å². The summed E-state index contributed by atoms with van der Waals surface area (Å²) in [4.78, 5) is 24.0. The first-order chi connectivity index (χ1) is 18.0. The van der Waals surface area contributed by atoms with Crippen LogP contribution in [0.1, 0.15) is 33.2 Å². The number of thiazole rings is 1. The minimum Gasteiger partial charge on any atom is -0.404 e. The molecule has 198 valence electrons. The number of benzene rings is 1. The summed E-state index contributed by atoms with van der Waals surface area (Å²) in [6.07, 6.45) is 5.34. The molecule has 0 amide bonds. The zero-order chi connectivity index (χ0) is 27.2. The number of fused-ring (bicyclic) bond motifs is 1. The normalized spacial score (nSPS) is 22.5. The van der Waals surface area contributed by atoms with E-state index in [-0.39, 0.29) is 36.1 Å².